The minimum absolute atomic E-state index is 0.0985. The van der Waals surface area contributed by atoms with Crippen molar-refractivity contribution in [3.8, 4) is 23.3 Å². The third-order valence-electron chi connectivity index (χ3n) is 7.46. The molecule has 5 rings (SSSR count). The van der Waals surface area contributed by atoms with Crippen molar-refractivity contribution in [2.75, 3.05) is 13.7 Å². The van der Waals surface area contributed by atoms with Gasteiger partial charge in [0.1, 0.15) is 29.0 Å². The number of nitrogens with zero attached hydrogens (tertiary/aromatic N) is 3. The van der Waals surface area contributed by atoms with Crippen LogP contribution >= 0.6 is 11.3 Å². The number of aliphatic hydroxyl groups excluding tert-OH is 2. The smallest absolute Gasteiger partial charge is 0.275 e. The lowest BCUT2D eigenvalue weighted by atomic mass is 10.00. The Bertz CT molecular complexity index is 1340. The van der Waals surface area contributed by atoms with Gasteiger partial charge in [0.05, 0.1) is 16.1 Å². The number of benzene rings is 1. The number of ether oxygens (including phenoxy) is 1. The van der Waals surface area contributed by atoms with Gasteiger partial charge in [-0.15, -0.1) is 11.3 Å². The Balaban J connectivity index is 1.43. The van der Waals surface area contributed by atoms with Crippen LogP contribution in [0.2, 0.25) is 0 Å². The van der Waals surface area contributed by atoms with Gasteiger partial charge >= 0.3 is 0 Å². The highest BCUT2D eigenvalue weighted by Gasteiger charge is 2.39. The predicted octanol–water partition coefficient (Wildman–Crippen LogP) is 3.50. The average Bonchev–Trinajstić information content (AvgIpc) is 3.38. The Morgan fingerprint density at radius 3 is 2.75 bits per heavy atom. The molecule has 0 radical (unpaired) electrons. The molecule has 4 atom stereocenters. The van der Waals surface area contributed by atoms with Crippen LogP contribution in [0.4, 0.5) is 0 Å². The monoisotopic (exact) mass is 507 g/mol. The predicted molar refractivity (Wildman–Crippen MR) is 142 cm³/mol. The first-order valence-corrected chi connectivity index (χ1v) is 13.6. The minimum atomic E-state index is -0.678. The van der Waals surface area contributed by atoms with Crippen molar-refractivity contribution in [3.63, 3.8) is 0 Å². The van der Waals surface area contributed by atoms with Crippen LogP contribution in [0.3, 0.4) is 0 Å². The number of rotatable bonds is 7. The van der Waals surface area contributed by atoms with E-state index in [0.29, 0.717) is 46.4 Å². The van der Waals surface area contributed by atoms with E-state index in [2.05, 4.69) is 28.8 Å². The highest BCUT2D eigenvalue weighted by molar-refractivity contribution is 7.19. The summed E-state index contributed by atoms with van der Waals surface area (Å²) in [5.41, 5.74) is 2.17. The second-order valence-corrected chi connectivity index (χ2v) is 10.9. The molecule has 0 spiro atoms. The van der Waals surface area contributed by atoms with Gasteiger partial charge in [-0.1, -0.05) is 18.8 Å². The second-order valence-electron chi connectivity index (χ2n) is 9.82. The lowest BCUT2D eigenvalue weighted by Crippen LogP contribution is -2.43. The van der Waals surface area contributed by atoms with Crippen LogP contribution in [0.25, 0.3) is 15.9 Å². The molecule has 8 heteroatoms. The third kappa shape index (κ3) is 5.07. The van der Waals surface area contributed by atoms with Gasteiger partial charge in [0, 0.05) is 18.7 Å². The van der Waals surface area contributed by atoms with Crippen molar-refractivity contribution < 1.29 is 14.9 Å². The van der Waals surface area contributed by atoms with Gasteiger partial charge in [-0.2, -0.15) is 0 Å². The molecular formula is C28H33N3O4S. The molecule has 2 bridgehead atoms. The maximum Gasteiger partial charge on any atom is 0.275 e. The Labute approximate surface area is 215 Å². The molecule has 2 fully saturated rings. The van der Waals surface area contributed by atoms with E-state index in [9.17, 15) is 15.0 Å². The molecule has 2 N–H and O–H groups in total. The Morgan fingerprint density at radius 2 is 2.03 bits per heavy atom. The van der Waals surface area contributed by atoms with Crippen molar-refractivity contribution in [2.24, 2.45) is 0 Å². The van der Waals surface area contributed by atoms with Crippen molar-refractivity contribution >= 4 is 21.6 Å². The maximum absolute atomic E-state index is 13.3. The molecule has 2 aliphatic rings. The molecule has 2 aromatic heterocycles. The quantitative estimate of drug-likeness (QED) is 0.476. The first-order valence-electron chi connectivity index (χ1n) is 12.8. The molecule has 0 aliphatic carbocycles. The summed E-state index contributed by atoms with van der Waals surface area (Å²) < 4.78 is 8.61. The van der Waals surface area contributed by atoms with E-state index in [-0.39, 0.29) is 18.3 Å². The van der Waals surface area contributed by atoms with E-state index in [0.717, 1.165) is 29.8 Å². The summed E-state index contributed by atoms with van der Waals surface area (Å²) in [6.07, 6.45) is 7.47. The van der Waals surface area contributed by atoms with Crippen LogP contribution in [0.5, 0.6) is 5.75 Å². The van der Waals surface area contributed by atoms with Gasteiger partial charge in [-0.3, -0.25) is 9.36 Å². The van der Waals surface area contributed by atoms with Gasteiger partial charge in [-0.05, 0) is 81.8 Å². The number of aromatic nitrogens is 2. The van der Waals surface area contributed by atoms with Gasteiger partial charge in [0.25, 0.3) is 5.56 Å². The van der Waals surface area contributed by atoms with Crippen LogP contribution in [-0.4, -0.2) is 62.6 Å². The summed E-state index contributed by atoms with van der Waals surface area (Å²) in [5.74, 6) is 6.59. The van der Waals surface area contributed by atoms with Gasteiger partial charge in [-0.25, -0.2) is 4.98 Å². The summed E-state index contributed by atoms with van der Waals surface area (Å²) in [6.45, 7) is 1.97. The zero-order valence-electron chi connectivity index (χ0n) is 20.8. The standard InChI is InChI=1S/C28H33N3O4S/c1-3-22(33)9-10-24-16-25-27(36-24)28(34)31(17-29-25)21-8-11-26(18(13-21)5-4-12-32)35-23-14-19-6-7-20(15-23)30(19)2/h8,11,13,16-17,19-20,22-23,32-33H,3-7,12,14-15H2,1-2H3/t19-,20+,22?,23?. The van der Waals surface area contributed by atoms with E-state index in [1.807, 2.05) is 25.1 Å². The SMILES string of the molecule is CCC(O)C#Cc1cc2ncn(-c3ccc(OC4C[C@H]5CC[C@@H](C4)N5C)c(CCCO)c3)c(=O)c2s1. The number of piperidine rings is 1. The third-order valence-corrected chi connectivity index (χ3v) is 8.49. The summed E-state index contributed by atoms with van der Waals surface area (Å²) in [4.78, 5) is 21.0. The maximum atomic E-state index is 13.3. The molecule has 36 heavy (non-hydrogen) atoms. The van der Waals surface area contributed by atoms with Gasteiger partial charge in [0.15, 0.2) is 0 Å². The van der Waals surface area contributed by atoms with Crippen molar-refractivity contribution in [1.82, 2.24) is 14.5 Å². The zero-order chi connectivity index (χ0) is 25.2. The molecule has 7 nitrogen and oxygen atoms in total. The second kappa shape index (κ2) is 10.7. The van der Waals surface area contributed by atoms with E-state index in [4.69, 9.17) is 4.74 Å². The molecule has 2 saturated heterocycles. The summed E-state index contributed by atoms with van der Waals surface area (Å²) in [5, 5.41) is 19.2. The van der Waals surface area contributed by atoms with E-state index in [1.165, 1.54) is 24.2 Å². The van der Waals surface area contributed by atoms with Gasteiger partial charge in [0.2, 0.25) is 0 Å². The molecule has 0 amide bonds. The Hall–Kier alpha value is -2.70. The van der Waals surface area contributed by atoms with Crippen LogP contribution in [0.15, 0.2) is 35.4 Å². The summed E-state index contributed by atoms with van der Waals surface area (Å²) >= 11 is 1.29. The van der Waals surface area contributed by atoms with E-state index >= 15 is 0 Å². The van der Waals surface area contributed by atoms with Crippen LogP contribution in [-0.2, 0) is 6.42 Å². The van der Waals surface area contributed by atoms with Crippen molar-refractivity contribution in [1.29, 1.82) is 0 Å². The number of hydrogen-bond acceptors (Lipinski definition) is 7. The van der Waals surface area contributed by atoms with Crippen LogP contribution < -0.4 is 10.3 Å². The zero-order valence-corrected chi connectivity index (χ0v) is 21.6. The molecule has 190 valence electrons. The lowest BCUT2D eigenvalue weighted by Gasteiger charge is -2.36. The number of aliphatic hydroxyl groups is 2. The number of thiophene rings is 1. The average molecular weight is 508 g/mol. The Kier molecular flexibility index (Phi) is 7.44. The summed E-state index contributed by atoms with van der Waals surface area (Å²) in [6, 6.07) is 8.82. The van der Waals surface area contributed by atoms with E-state index in [1.54, 1.807) is 17.0 Å². The topological polar surface area (TPSA) is 87.8 Å². The minimum Gasteiger partial charge on any atom is -0.490 e. The molecule has 1 aromatic carbocycles. The number of fused-ring (bicyclic) bond motifs is 3. The lowest BCUT2D eigenvalue weighted by molar-refractivity contribution is 0.0655. The fourth-order valence-corrected chi connectivity index (χ4v) is 6.25. The van der Waals surface area contributed by atoms with Crippen LogP contribution in [0.1, 0.15) is 55.9 Å². The highest BCUT2D eigenvalue weighted by Crippen LogP contribution is 2.37. The molecule has 2 unspecified atom stereocenters. The number of aryl methyl sites for hydroxylation is 1. The highest BCUT2D eigenvalue weighted by atomic mass is 32.1. The molecule has 4 heterocycles. The molecule has 2 aliphatic heterocycles. The largest absolute Gasteiger partial charge is 0.490 e. The molecule has 0 saturated carbocycles. The fourth-order valence-electron chi connectivity index (χ4n) is 5.35. The van der Waals surface area contributed by atoms with Gasteiger partial charge < -0.3 is 19.8 Å². The molecule has 3 aromatic rings. The first-order chi connectivity index (χ1) is 17.5. The fraction of sp³-hybridized carbons (Fsp3) is 0.500. The summed E-state index contributed by atoms with van der Waals surface area (Å²) in [7, 11) is 2.22. The van der Waals surface area contributed by atoms with Crippen molar-refractivity contribution in [3.05, 3.63) is 51.4 Å². The number of hydrogen-bond donors (Lipinski definition) is 2. The van der Waals surface area contributed by atoms with E-state index < -0.39 is 6.10 Å². The normalized spacial score (nSPS) is 22.4. The molecular weight excluding hydrogens is 474 g/mol. The first kappa shape index (κ1) is 25.0. The van der Waals surface area contributed by atoms with Crippen molar-refractivity contribution in [2.45, 2.75) is 76.2 Å². The van der Waals surface area contributed by atoms with Crippen LogP contribution in [0, 0.1) is 11.8 Å². The Morgan fingerprint density at radius 1 is 1.25 bits per heavy atom.